The average Bonchev–Trinajstić information content (AvgIpc) is 2.90. The van der Waals surface area contributed by atoms with Crippen LogP contribution in [0.15, 0.2) is 23.0 Å². The lowest BCUT2D eigenvalue weighted by Crippen LogP contribution is -2.27. The summed E-state index contributed by atoms with van der Waals surface area (Å²) in [5, 5.41) is 6.69. The summed E-state index contributed by atoms with van der Waals surface area (Å²) >= 11 is 0. The van der Waals surface area contributed by atoms with Gasteiger partial charge < -0.3 is 14.7 Å². The summed E-state index contributed by atoms with van der Waals surface area (Å²) < 4.78 is 4.94. The van der Waals surface area contributed by atoms with Crippen LogP contribution in [0.2, 0.25) is 0 Å². The van der Waals surface area contributed by atoms with Crippen molar-refractivity contribution in [2.24, 2.45) is 0 Å². The molecule has 0 aliphatic carbocycles. The van der Waals surface area contributed by atoms with Gasteiger partial charge in [-0.2, -0.15) is 0 Å². The number of aryl methyl sites for hydroxylation is 1. The van der Waals surface area contributed by atoms with E-state index in [2.05, 4.69) is 27.4 Å². The number of anilines is 2. The molecule has 112 valence electrons. The number of nitrogens with one attached hydrogen (secondary N) is 1. The van der Waals surface area contributed by atoms with Crippen LogP contribution in [0.1, 0.15) is 35.9 Å². The molecule has 7 nitrogen and oxygen atoms in total. The molecule has 0 aromatic carbocycles. The van der Waals surface area contributed by atoms with Crippen LogP contribution >= 0.6 is 0 Å². The molecule has 0 aliphatic rings. The highest BCUT2D eigenvalue weighted by Gasteiger charge is 2.12. The first-order valence-corrected chi connectivity index (χ1v) is 6.88. The van der Waals surface area contributed by atoms with Crippen molar-refractivity contribution < 1.29 is 9.32 Å². The maximum absolute atomic E-state index is 12.1. The molecule has 7 heteroatoms. The van der Waals surface area contributed by atoms with Crippen LogP contribution < -0.4 is 5.32 Å². The lowest BCUT2D eigenvalue weighted by Gasteiger charge is -2.16. The molecule has 0 aliphatic heterocycles. The molecule has 2 rings (SSSR count). The lowest BCUT2D eigenvalue weighted by atomic mass is 10.2. The third kappa shape index (κ3) is 4.01. The number of carbonyl (C=O) groups is 1. The Bertz CT molecular complexity index is 594. The Hall–Kier alpha value is -2.44. The maximum atomic E-state index is 12.1. The van der Waals surface area contributed by atoms with Crippen molar-refractivity contribution in [3.8, 4) is 0 Å². The minimum absolute atomic E-state index is 0.0766. The molecule has 2 aromatic heterocycles. The van der Waals surface area contributed by atoms with Gasteiger partial charge in [-0.05, 0) is 13.3 Å². The molecular formula is C14H19N5O2. The van der Waals surface area contributed by atoms with Crippen LogP contribution in [-0.4, -0.2) is 39.5 Å². The van der Waals surface area contributed by atoms with Gasteiger partial charge in [-0.25, -0.2) is 9.97 Å². The van der Waals surface area contributed by atoms with Gasteiger partial charge in [0.15, 0.2) is 5.82 Å². The molecule has 1 amide bonds. The molecule has 2 aromatic rings. The van der Waals surface area contributed by atoms with E-state index in [-0.39, 0.29) is 5.91 Å². The van der Waals surface area contributed by atoms with Crippen molar-refractivity contribution in [3.63, 3.8) is 0 Å². The number of rotatable bonds is 6. The number of amides is 1. The normalized spacial score (nSPS) is 10.4. The van der Waals surface area contributed by atoms with E-state index in [0.717, 1.165) is 19.4 Å². The number of hydrogen-bond acceptors (Lipinski definition) is 6. The highest BCUT2D eigenvalue weighted by Crippen LogP contribution is 2.12. The molecular weight excluding hydrogens is 270 g/mol. The van der Waals surface area contributed by atoms with Crippen LogP contribution in [-0.2, 0) is 0 Å². The first kappa shape index (κ1) is 15.0. The summed E-state index contributed by atoms with van der Waals surface area (Å²) in [6.45, 7) is 4.62. The highest BCUT2D eigenvalue weighted by atomic mass is 16.5. The molecule has 0 saturated heterocycles. The maximum Gasteiger partial charge on any atom is 0.256 e. The summed E-state index contributed by atoms with van der Waals surface area (Å²) in [5.41, 5.74) is 0.468. The Morgan fingerprint density at radius 2 is 2.10 bits per heavy atom. The molecule has 2 heterocycles. The van der Waals surface area contributed by atoms with Gasteiger partial charge >= 0.3 is 0 Å². The lowest BCUT2D eigenvalue weighted by molar-refractivity contribution is 0.0792. The minimum Gasteiger partial charge on any atom is -0.360 e. The predicted octanol–water partition coefficient (Wildman–Crippen LogP) is 2.39. The van der Waals surface area contributed by atoms with E-state index in [1.165, 1.54) is 12.4 Å². The molecule has 0 saturated carbocycles. The van der Waals surface area contributed by atoms with E-state index >= 15 is 0 Å². The first-order chi connectivity index (χ1) is 10.1. The highest BCUT2D eigenvalue weighted by molar-refractivity contribution is 5.93. The van der Waals surface area contributed by atoms with Gasteiger partial charge in [-0.15, -0.1) is 0 Å². The Balaban J connectivity index is 1.99. The van der Waals surface area contributed by atoms with Gasteiger partial charge in [0.25, 0.3) is 5.91 Å². The second kappa shape index (κ2) is 6.83. The molecule has 0 fully saturated rings. The molecule has 21 heavy (non-hydrogen) atoms. The monoisotopic (exact) mass is 289 g/mol. The SMILES string of the molecule is CCCCN(C)C(=O)c1cnc(Nc2cc(C)on2)nc1. The van der Waals surface area contributed by atoms with Crippen molar-refractivity contribution in [1.82, 2.24) is 20.0 Å². The van der Waals surface area contributed by atoms with Crippen LogP contribution in [0, 0.1) is 6.92 Å². The van der Waals surface area contributed by atoms with Gasteiger partial charge in [0.2, 0.25) is 5.95 Å². The Morgan fingerprint density at radius 3 is 2.67 bits per heavy atom. The van der Waals surface area contributed by atoms with E-state index in [0.29, 0.717) is 23.1 Å². The predicted molar refractivity (Wildman–Crippen MR) is 78.4 cm³/mol. The number of aromatic nitrogens is 3. The molecule has 1 N–H and O–H groups in total. The van der Waals surface area contributed by atoms with E-state index < -0.39 is 0 Å². The zero-order valence-electron chi connectivity index (χ0n) is 12.5. The minimum atomic E-state index is -0.0766. The molecule has 0 spiro atoms. The number of carbonyl (C=O) groups excluding carboxylic acids is 1. The zero-order valence-corrected chi connectivity index (χ0v) is 12.5. The fourth-order valence-electron chi connectivity index (χ4n) is 1.76. The second-order valence-electron chi connectivity index (χ2n) is 4.82. The fraction of sp³-hybridized carbons (Fsp3) is 0.429. The summed E-state index contributed by atoms with van der Waals surface area (Å²) in [6, 6.07) is 1.74. The molecule has 0 bridgehead atoms. The average molecular weight is 289 g/mol. The van der Waals surface area contributed by atoms with Crippen molar-refractivity contribution in [3.05, 3.63) is 29.8 Å². The number of nitrogens with zero attached hydrogens (tertiary/aromatic N) is 4. The van der Waals surface area contributed by atoms with E-state index in [9.17, 15) is 4.79 Å². The van der Waals surface area contributed by atoms with Crippen molar-refractivity contribution in [2.45, 2.75) is 26.7 Å². The summed E-state index contributed by atoms with van der Waals surface area (Å²) in [4.78, 5) is 22.0. The smallest absolute Gasteiger partial charge is 0.256 e. The standard InChI is InChI=1S/C14H19N5O2/c1-4-5-6-19(3)13(20)11-8-15-14(16-9-11)17-12-7-10(2)21-18-12/h7-9H,4-6H2,1-3H3,(H,15,16,17,18). The summed E-state index contributed by atoms with van der Waals surface area (Å²) in [5.74, 6) is 1.52. The van der Waals surface area contributed by atoms with Gasteiger partial charge in [0.05, 0.1) is 5.56 Å². The van der Waals surface area contributed by atoms with Gasteiger partial charge in [0, 0.05) is 32.1 Å². The van der Waals surface area contributed by atoms with Crippen molar-refractivity contribution in [2.75, 3.05) is 18.9 Å². The first-order valence-electron chi connectivity index (χ1n) is 6.88. The second-order valence-corrected chi connectivity index (χ2v) is 4.82. The third-order valence-electron chi connectivity index (χ3n) is 2.96. The summed E-state index contributed by atoms with van der Waals surface area (Å²) in [7, 11) is 1.78. The van der Waals surface area contributed by atoms with Crippen LogP contribution in [0.5, 0.6) is 0 Å². The number of unbranched alkanes of at least 4 members (excludes halogenated alkanes) is 1. The quantitative estimate of drug-likeness (QED) is 0.879. The molecule has 0 atom stereocenters. The van der Waals surface area contributed by atoms with Gasteiger partial charge in [-0.3, -0.25) is 4.79 Å². The van der Waals surface area contributed by atoms with Crippen LogP contribution in [0.3, 0.4) is 0 Å². The zero-order chi connectivity index (χ0) is 15.2. The third-order valence-corrected chi connectivity index (χ3v) is 2.96. The van der Waals surface area contributed by atoms with Gasteiger partial charge in [0.1, 0.15) is 5.76 Å². The fourth-order valence-corrected chi connectivity index (χ4v) is 1.76. The van der Waals surface area contributed by atoms with E-state index in [1.54, 1.807) is 24.9 Å². The topological polar surface area (TPSA) is 84.2 Å². The molecule has 0 radical (unpaired) electrons. The van der Waals surface area contributed by atoms with E-state index in [1.807, 2.05) is 0 Å². The van der Waals surface area contributed by atoms with Crippen LogP contribution in [0.25, 0.3) is 0 Å². The Kier molecular flexibility index (Phi) is 4.86. The Labute approximate surface area is 123 Å². The van der Waals surface area contributed by atoms with Crippen molar-refractivity contribution >= 4 is 17.7 Å². The molecule has 0 unspecified atom stereocenters. The van der Waals surface area contributed by atoms with Crippen LogP contribution in [0.4, 0.5) is 11.8 Å². The summed E-state index contributed by atoms with van der Waals surface area (Å²) in [6.07, 6.45) is 5.04. The van der Waals surface area contributed by atoms with E-state index in [4.69, 9.17) is 4.52 Å². The largest absolute Gasteiger partial charge is 0.360 e. The number of hydrogen-bond donors (Lipinski definition) is 1. The van der Waals surface area contributed by atoms with Gasteiger partial charge in [-0.1, -0.05) is 18.5 Å². The Morgan fingerprint density at radius 1 is 1.38 bits per heavy atom. The van der Waals surface area contributed by atoms with Crippen molar-refractivity contribution in [1.29, 1.82) is 0 Å².